The van der Waals surface area contributed by atoms with Gasteiger partial charge in [0.15, 0.2) is 0 Å². The van der Waals surface area contributed by atoms with Crippen LogP contribution in [0, 0.1) is 0 Å². The summed E-state index contributed by atoms with van der Waals surface area (Å²) in [6.07, 6.45) is 3.16. The van der Waals surface area contributed by atoms with Gasteiger partial charge in [-0.25, -0.2) is 0 Å². The Labute approximate surface area is 75.0 Å². The number of aliphatic hydroxyl groups excluding tert-OH is 2. The van der Waals surface area contributed by atoms with Crippen LogP contribution in [0.25, 0.3) is 0 Å². The van der Waals surface area contributed by atoms with E-state index in [4.69, 9.17) is 10.2 Å². The van der Waals surface area contributed by atoms with Crippen LogP contribution in [-0.2, 0) is 0 Å². The highest BCUT2D eigenvalue weighted by atomic mass is 16.3. The van der Waals surface area contributed by atoms with Gasteiger partial charge in [0.05, 0.1) is 6.10 Å². The molecule has 3 nitrogen and oxygen atoms in total. The molecule has 0 amide bonds. The van der Waals surface area contributed by atoms with E-state index in [1.807, 2.05) is 0 Å². The van der Waals surface area contributed by atoms with Gasteiger partial charge < -0.3 is 15.1 Å². The molecule has 1 fully saturated rings. The number of aliphatic hydroxyl groups is 2. The number of likely N-dealkylation sites (tertiary alicyclic amines) is 1. The lowest BCUT2D eigenvalue weighted by molar-refractivity contribution is 0.0827. The minimum Gasteiger partial charge on any atom is -0.400 e. The number of hydrogen-bond donors (Lipinski definition) is 2. The molecule has 1 saturated heterocycles. The lowest BCUT2D eigenvalue weighted by Crippen LogP contribution is -2.36. The molecule has 1 heterocycles. The van der Waals surface area contributed by atoms with Crippen molar-refractivity contribution in [3.8, 4) is 0 Å². The molecule has 2 N–H and O–H groups in total. The van der Waals surface area contributed by atoms with Crippen molar-refractivity contribution in [1.29, 1.82) is 0 Å². The molecule has 0 saturated carbocycles. The van der Waals surface area contributed by atoms with Crippen molar-refractivity contribution in [2.75, 3.05) is 26.7 Å². The Balaban J connectivity index is 0.000000561. The van der Waals surface area contributed by atoms with Crippen molar-refractivity contribution in [2.45, 2.75) is 32.3 Å². The third kappa shape index (κ3) is 4.70. The molecule has 0 aromatic heterocycles. The number of nitrogens with zero attached hydrogens (tertiary/aromatic N) is 1. The summed E-state index contributed by atoms with van der Waals surface area (Å²) in [6.45, 7) is 5.59. The Hall–Kier alpha value is -0.120. The quantitative estimate of drug-likeness (QED) is 0.641. The Morgan fingerprint density at radius 3 is 2.17 bits per heavy atom. The van der Waals surface area contributed by atoms with Crippen LogP contribution in [0.15, 0.2) is 0 Å². The summed E-state index contributed by atoms with van der Waals surface area (Å²) in [5.74, 6) is 0. The fourth-order valence-corrected chi connectivity index (χ4v) is 1.46. The second-order valence-electron chi connectivity index (χ2n) is 3.07. The van der Waals surface area contributed by atoms with E-state index in [1.54, 1.807) is 0 Å². The van der Waals surface area contributed by atoms with Gasteiger partial charge in [0.1, 0.15) is 0 Å². The topological polar surface area (TPSA) is 43.7 Å². The first-order valence-corrected chi connectivity index (χ1v) is 4.68. The predicted molar refractivity (Wildman–Crippen MR) is 50.1 cm³/mol. The van der Waals surface area contributed by atoms with Gasteiger partial charge in [-0.05, 0) is 25.8 Å². The second kappa shape index (κ2) is 7.53. The van der Waals surface area contributed by atoms with Crippen LogP contribution < -0.4 is 0 Å². The Morgan fingerprint density at radius 1 is 1.25 bits per heavy atom. The average molecular weight is 175 g/mol. The minimum absolute atomic E-state index is 0.0203. The number of rotatable bonds is 2. The second-order valence-corrected chi connectivity index (χ2v) is 3.07. The van der Waals surface area contributed by atoms with Gasteiger partial charge in [-0.1, -0.05) is 6.92 Å². The molecule has 1 rings (SSSR count). The third-order valence-corrected chi connectivity index (χ3v) is 2.10. The molecule has 0 aromatic carbocycles. The fraction of sp³-hybridized carbons (Fsp3) is 1.00. The molecule has 0 radical (unpaired) electrons. The van der Waals surface area contributed by atoms with Gasteiger partial charge in [-0.15, -0.1) is 0 Å². The molecule has 1 aliphatic rings. The van der Waals surface area contributed by atoms with E-state index < -0.39 is 0 Å². The molecule has 12 heavy (non-hydrogen) atoms. The maximum absolute atomic E-state index is 9.17. The van der Waals surface area contributed by atoms with Gasteiger partial charge in [-0.2, -0.15) is 0 Å². The van der Waals surface area contributed by atoms with Crippen molar-refractivity contribution in [1.82, 2.24) is 4.90 Å². The van der Waals surface area contributed by atoms with E-state index in [1.165, 1.54) is 13.0 Å². The zero-order valence-corrected chi connectivity index (χ0v) is 8.16. The summed E-state index contributed by atoms with van der Waals surface area (Å²) in [5.41, 5.74) is 0. The Kier molecular flexibility index (Phi) is 7.45. The van der Waals surface area contributed by atoms with Gasteiger partial charge >= 0.3 is 0 Å². The van der Waals surface area contributed by atoms with E-state index in [0.29, 0.717) is 0 Å². The first-order valence-electron chi connectivity index (χ1n) is 4.68. The zero-order valence-electron chi connectivity index (χ0n) is 8.16. The normalized spacial score (nSPS) is 20.0. The Morgan fingerprint density at radius 2 is 1.75 bits per heavy atom. The molecule has 0 bridgehead atoms. The molecular weight excluding hydrogens is 154 g/mol. The summed E-state index contributed by atoms with van der Waals surface area (Å²) in [7, 11) is 1.00. The maximum Gasteiger partial charge on any atom is 0.0564 e. The predicted octanol–water partition coefficient (Wildman–Crippen LogP) is 0.462. The molecule has 74 valence electrons. The number of hydrogen-bond acceptors (Lipinski definition) is 3. The van der Waals surface area contributed by atoms with E-state index >= 15 is 0 Å². The highest BCUT2D eigenvalue weighted by molar-refractivity contribution is 4.69. The van der Waals surface area contributed by atoms with Gasteiger partial charge in [0, 0.05) is 20.2 Å². The summed E-state index contributed by atoms with van der Waals surface area (Å²) >= 11 is 0. The van der Waals surface area contributed by atoms with Gasteiger partial charge in [0.2, 0.25) is 0 Å². The van der Waals surface area contributed by atoms with Crippen molar-refractivity contribution in [3.63, 3.8) is 0 Å². The molecule has 3 heteroatoms. The molecule has 1 aliphatic heterocycles. The smallest absolute Gasteiger partial charge is 0.0564 e. The molecule has 0 atom stereocenters. The lowest BCUT2D eigenvalue weighted by Gasteiger charge is -2.28. The Bertz CT molecular complexity index is 90.5. The standard InChI is InChI=1S/C8H17NO.CH4O/c1-2-5-9-6-3-8(10)4-7-9;1-2/h8,10H,2-7H2,1H3;2H,1H3. The van der Waals surface area contributed by atoms with Crippen LogP contribution in [0.2, 0.25) is 0 Å². The summed E-state index contributed by atoms with van der Waals surface area (Å²) in [5, 5.41) is 16.2. The van der Waals surface area contributed by atoms with Crippen LogP contribution in [0.1, 0.15) is 26.2 Å². The minimum atomic E-state index is -0.0203. The molecule has 0 unspecified atom stereocenters. The van der Waals surface area contributed by atoms with E-state index in [-0.39, 0.29) is 6.10 Å². The summed E-state index contributed by atoms with van der Waals surface area (Å²) < 4.78 is 0. The van der Waals surface area contributed by atoms with E-state index in [9.17, 15) is 0 Å². The SMILES string of the molecule is CCCN1CCC(O)CC1.CO. The van der Waals surface area contributed by atoms with Crippen molar-refractivity contribution in [3.05, 3.63) is 0 Å². The van der Waals surface area contributed by atoms with Crippen LogP contribution in [0.5, 0.6) is 0 Å². The largest absolute Gasteiger partial charge is 0.400 e. The van der Waals surface area contributed by atoms with Crippen LogP contribution in [0.3, 0.4) is 0 Å². The van der Waals surface area contributed by atoms with Crippen LogP contribution in [-0.4, -0.2) is 48.0 Å². The van der Waals surface area contributed by atoms with Crippen molar-refractivity contribution >= 4 is 0 Å². The van der Waals surface area contributed by atoms with Crippen molar-refractivity contribution in [2.24, 2.45) is 0 Å². The summed E-state index contributed by atoms with van der Waals surface area (Å²) in [6, 6.07) is 0. The summed E-state index contributed by atoms with van der Waals surface area (Å²) in [4.78, 5) is 2.42. The van der Waals surface area contributed by atoms with Gasteiger partial charge in [0.25, 0.3) is 0 Å². The zero-order chi connectivity index (χ0) is 9.40. The van der Waals surface area contributed by atoms with Crippen molar-refractivity contribution < 1.29 is 10.2 Å². The van der Waals surface area contributed by atoms with Gasteiger partial charge in [-0.3, -0.25) is 0 Å². The monoisotopic (exact) mass is 175 g/mol. The highest BCUT2D eigenvalue weighted by Gasteiger charge is 2.15. The van der Waals surface area contributed by atoms with E-state index in [0.717, 1.165) is 33.0 Å². The molecule has 0 aromatic rings. The average Bonchev–Trinajstić information content (AvgIpc) is 2.13. The first-order chi connectivity index (χ1) is 5.83. The highest BCUT2D eigenvalue weighted by Crippen LogP contribution is 2.09. The van der Waals surface area contributed by atoms with Crippen LogP contribution >= 0.6 is 0 Å². The lowest BCUT2D eigenvalue weighted by atomic mass is 10.1. The molecule has 0 spiro atoms. The van der Waals surface area contributed by atoms with Crippen LogP contribution in [0.4, 0.5) is 0 Å². The maximum atomic E-state index is 9.17. The fourth-order valence-electron chi connectivity index (χ4n) is 1.46. The molecular formula is C9H21NO2. The number of piperidine rings is 1. The first kappa shape index (κ1) is 11.9. The van der Waals surface area contributed by atoms with E-state index in [2.05, 4.69) is 11.8 Å². The third-order valence-electron chi connectivity index (χ3n) is 2.10. The molecule has 0 aliphatic carbocycles.